The topological polar surface area (TPSA) is 63.9 Å². The molecule has 6 nitrogen and oxygen atoms in total. The predicted octanol–water partition coefficient (Wildman–Crippen LogP) is 3.57. The van der Waals surface area contributed by atoms with E-state index >= 15 is 0 Å². The van der Waals surface area contributed by atoms with Crippen LogP contribution in [0.4, 0.5) is 0 Å². The number of aromatic nitrogens is 4. The molecule has 1 aromatic carbocycles. The Hall–Kier alpha value is -2.12. The van der Waals surface area contributed by atoms with E-state index in [1.54, 1.807) is 10.9 Å². The fraction of sp³-hybridized carbons (Fsp3) is 0.333. The van der Waals surface area contributed by atoms with Crippen LogP contribution in [0.25, 0.3) is 16.7 Å². The summed E-state index contributed by atoms with van der Waals surface area (Å²) >= 11 is 7.40. The Morgan fingerprint density at radius 3 is 2.65 bits per heavy atom. The summed E-state index contributed by atoms with van der Waals surface area (Å²) in [6, 6.07) is 7.42. The summed E-state index contributed by atoms with van der Waals surface area (Å²) in [5.41, 5.74) is 1.60. The minimum absolute atomic E-state index is 0.173. The van der Waals surface area contributed by atoms with Gasteiger partial charge < -0.3 is 4.90 Å². The van der Waals surface area contributed by atoms with Crippen LogP contribution in [0, 0.1) is 0 Å². The number of fused-ring (bicyclic) bond motifs is 1. The second kappa shape index (κ2) is 7.63. The van der Waals surface area contributed by atoms with Crippen LogP contribution in [-0.2, 0) is 4.79 Å². The van der Waals surface area contributed by atoms with Gasteiger partial charge in [-0.25, -0.2) is 14.6 Å². The Kier molecular flexibility index (Phi) is 5.08. The van der Waals surface area contributed by atoms with Gasteiger partial charge in [-0.2, -0.15) is 5.10 Å². The van der Waals surface area contributed by atoms with Crippen molar-refractivity contribution in [3.05, 3.63) is 41.8 Å². The van der Waals surface area contributed by atoms with Gasteiger partial charge in [0.15, 0.2) is 5.65 Å². The molecule has 1 aliphatic heterocycles. The van der Waals surface area contributed by atoms with Gasteiger partial charge in [0, 0.05) is 18.1 Å². The lowest BCUT2D eigenvalue weighted by Crippen LogP contribution is -2.36. The summed E-state index contributed by atoms with van der Waals surface area (Å²) < 4.78 is 1.75. The molecule has 1 fully saturated rings. The Labute approximate surface area is 160 Å². The number of benzene rings is 1. The number of carbonyl (C=O) groups excluding carboxylic acids is 1. The van der Waals surface area contributed by atoms with Crippen LogP contribution in [0.3, 0.4) is 0 Å². The van der Waals surface area contributed by atoms with Gasteiger partial charge in [0.1, 0.15) is 11.4 Å². The zero-order chi connectivity index (χ0) is 17.9. The predicted molar refractivity (Wildman–Crippen MR) is 103 cm³/mol. The van der Waals surface area contributed by atoms with E-state index in [2.05, 4.69) is 15.1 Å². The lowest BCUT2D eigenvalue weighted by Gasteiger charge is -2.26. The second-order valence-corrected chi connectivity index (χ2v) is 7.58. The molecule has 0 N–H and O–H groups in total. The molecule has 1 aliphatic rings. The van der Waals surface area contributed by atoms with Crippen LogP contribution in [0.15, 0.2) is 41.8 Å². The highest BCUT2D eigenvalue weighted by Crippen LogP contribution is 2.26. The number of rotatable bonds is 4. The molecule has 0 bridgehead atoms. The third-order valence-electron chi connectivity index (χ3n) is 4.44. The van der Waals surface area contributed by atoms with Crippen molar-refractivity contribution < 1.29 is 4.79 Å². The van der Waals surface area contributed by atoms with Gasteiger partial charge in [0.25, 0.3) is 0 Å². The number of likely N-dealkylation sites (tertiary alicyclic amines) is 1. The molecule has 0 spiro atoms. The lowest BCUT2D eigenvalue weighted by atomic mass is 10.1. The molecular formula is C18H18ClN5OS. The van der Waals surface area contributed by atoms with Gasteiger partial charge in [0.05, 0.1) is 23.0 Å². The van der Waals surface area contributed by atoms with Gasteiger partial charge in [-0.05, 0) is 43.5 Å². The third-order valence-corrected chi connectivity index (χ3v) is 5.68. The fourth-order valence-corrected chi connectivity index (χ4v) is 4.06. The smallest absolute Gasteiger partial charge is 0.232 e. The maximum Gasteiger partial charge on any atom is 0.232 e. The van der Waals surface area contributed by atoms with Crippen molar-refractivity contribution in [2.75, 3.05) is 18.8 Å². The van der Waals surface area contributed by atoms with E-state index in [4.69, 9.17) is 11.6 Å². The quantitative estimate of drug-likeness (QED) is 0.505. The average molecular weight is 388 g/mol. The highest BCUT2D eigenvalue weighted by molar-refractivity contribution is 8.00. The summed E-state index contributed by atoms with van der Waals surface area (Å²) in [6.07, 6.45) is 6.68. The van der Waals surface area contributed by atoms with E-state index in [-0.39, 0.29) is 5.91 Å². The molecule has 2 aromatic heterocycles. The van der Waals surface area contributed by atoms with Gasteiger partial charge >= 0.3 is 0 Å². The number of hydrogen-bond donors (Lipinski definition) is 0. The largest absolute Gasteiger partial charge is 0.342 e. The van der Waals surface area contributed by atoms with Crippen molar-refractivity contribution in [1.29, 1.82) is 0 Å². The lowest BCUT2D eigenvalue weighted by molar-refractivity contribution is -0.129. The first-order valence-electron chi connectivity index (χ1n) is 8.57. The van der Waals surface area contributed by atoms with Crippen LogP contribution in [0.1, 0.15) is 19.3 Å². The van der Waals surface area contributed by atoms with Crippen molar-refractivity contribution in [3.63, 3.8) is 0 Å². The van der Waals surface area contributed by atoms with Gasteiger partial charge in [-0.3, -0.25) is 4.79 Å². The molecule has 0 aliphatic carbocycles. The number of halogens is 1. The first-order valence-corrected chi connectivity index (χ1v) is 9.94. The molecule has 4 rings (SSSR count). The number of nitrogens with zero attached hydrogens (tertiary/aromatic N) is 5. The van der Waals surface area contributed by atoms with Gasteiger partial charge in [0.2, 0.25) is 5.91 Å². The first kappa shape index (κ1) is 17.3. The normalized spacial score (nSPS) is 14.7. The average Bonchev–Trinajstić information content (AvgIpc) is 3.12. The highest BCUT2D eigenvalue weighted by atomic mass is 35.5. The summed E-state index contributed by atoms with van der Waals surface area (Å²) in [5, 5.41) is 6.73. The number of carbonyl (C=O) groups is 1. The molecule has 3 aromatic rings. The first-order chi connectivity index (χ1) is 12.7. The molecule has 3 heterocycles. The summed E-state index contributed by atoms with van der Waals surface area (Å²) in [5.74, 6) is 0.560. The SMILES string of the molecule is O=C(CSc1ncnc2c1cnn2-c1ccc(Cl)cc1)N1CCCCC1. The summed E-state index contributed by atoms with van der Waals surface area (Å²) in [7, 11) is 0. The maximum atomic E-state index is 12.4. The number of amides is 1. The third kappa shape index (κ3) is 3.54. The zero-order valence-corrected chi connectivity index (χ0v) is 15.7. The van der Waals surface area contributed by atoms with Crippen LogP contribution < -0.4 is 0 Å². The number of piperidine rings is 1. The van der Waals surface area contributed by atoms with Crippen molar-refractivity contribution in [2.45, 2.75) is 24.3 Å². The Bertz CT molecular complexity index is 921. The minimum atomic E-state index is 0.173. The van der Waals surface area contributed by atoms with Gasteiger partial charge in [-0.15, -0.1) is 0 Å². The van der Waals surface area contributed by atoms with E-state index < -0.39 is 0 Å². The molecule has 8 heteroatoms. The number of hydrogen-bond acceptors (Lipinski definition) is 5. The van der Waals surface area contributed by atoms with E-state index in [0.29, 0.717) is 10.8 Å². The van der Waals surface area contributed by atoms with Crippen LogP contribution in [-0.4, -0.2) is 49.4 Å². The Balaban J connectivity index is 1.55. The standard InChI is InChI=1S/C18H18ClN5OS/c19-13-4-6-14(7-5-13)24-17-15(10-22-24)18(21-12-20-17)26-11-16(25)23-8-2-1-3-9-23/h4-7,10,12H,1-3,8-9,11H2. The monoisotopic (exact) mass is 387 g/mol. The fourth-order valence-electron chi connectivity index (χ4n) is 3.07. The van der Waals surface area contributed by atoms with E-state index in [1.807, 2.05) is 29.2 Å². The second-order valence-electron chi connectivity index (χ2n) is 6.18. The molecule has 26 heavy (non-hydrogen) atoms. The summed E-state index contributed by atoms with van der Waals surface area (Å²) in [6.45, 7) is 1.74. The van der Waals surface area contributed by atoms with Crippen LogP contribution in [0.2, 0.25) is 5.02 Å². The molecule has 0 saturated carbocycles. The van der Waals surface area contributed by atoms with Crippen molar-refractivity contribution in [3.8, 4) is 5.69 Å². The van der Waals surface area contributed by atoms with E-state index in [9.17, 15) is 4.79 Å². The van der Waals surface area contributed by atoms with Crippen molar-refractivity contribution in [2.24, 2.45) is 0 Å². The van der Waals surface area contributed by atoms with Crippen LogP contribution >= 0.6 is 23.4 Å². The maximum absolute atomic E-state index is 12.4. The molecule has 0 radical (unpaired) electrons. The molecule has 0 atom stereocenters. The van der Waals surface area contributed by atoms with E-state index in [0.717, 1.165) is 47.7 Å². The highest BCUT2D eigenvalue weighted by Gasteiger charge is 2.18. The van der Waals surface area contributed by atoms with Crippen molar-refractivity contribution >= 4 is 40.3 Å². The molecule has 134 valence electrons. The van der Waals surface area contributed by atoms with Gasteiger partial charge in [-0.1, -0.05) is 23.4 Å². The molecular weight excluding hydrogens is 370 g/mol. The molecule has 1 saturated heterocycles. The minimum Gasteiger partial charge on any atom is -0.342 e. The van der Waals surface area contributed by atoms with Crippen LogP contribution in [0.5, 0.6) is 0 Å². The molecule has 0 unspecified atom stereocenters. The molecule has 1 amide bonds. The zero-order valence-electron chi connectivity index (χ0n) is 14.1. The Morgan fingerprint density at radius 2 is 1.88 bits per heavy atom. The summed E-state index contributed by atoms with van der Waals surface area (Å²) in [4.78, 5) is 23.1. The Morgan fingerprint density at radius 1 is 1.12 bits per heavy atom. The van der Waals surface area contributed by atoms with E-state index in [1.165, 1.54) is 24.5 Å². The number of thioether (sulfide) groups is 1. The van der Waals surface area contributed by atoms with Crippen molar-refractivity contribution in [1.82, 2.24) is 24.6 Å².